The number of hydrogen-bond donors (Lipinski definition) is 1. The van der Waals surface area contributed by atoms with Crippen molar-refractivity contribution in [1.29, 1.82) is 0 Å². The zero-order valence-corrected chi connectivity index (χ0v) is 8.76. The molecule has 1 aromatic carbocycles. The minimum absolute atomic E-state index is 0.0133. The molecule has 0 bridgehead atoms. The first-order valence-electron chi connectivity index (χ1n) is 4.70. The van der Waals surface area contributed by atoms with Gasteiger partial charge in [-0.3, -0.25) is 4.79 Å². The quantitative estimate of drug-likeness (QED) is 0.836. The van der Waals surface area contributed by atoms with Crippen molar-refractivity contribution < 1.29 is 17.9 Å². The van der Waals surface area contributed by atoms with Crippen molar-refractivity contribution in [1.82, 2.24) is 4.98 Å². The molecular formula is C11H8F3NO2. The summed E-state index contributed by atoms with van der Waals surface area (Å²) in [5.74, 6) is -0.313. The number of pyridine rings is 1. The van der Waals surface area contributed by atoms with E-state index < -0.39 is 17.2 Å². The van der Waals surface area contributed by atoms with Gasteiger partial charge in [-0.2, -0.15) is 13.2 Å². The Balaban J connectivity index is 2.84. The lowest BCUT2D eigenvalue weighted by Crippen LogP contribution is -2.10. The highest BCUT2D eigenvalue weighted by Crippen LogP contribution is 2.37. The van der Waals surface area contributed by atoms with Gasteiger partial charge in [0.25, 0.3) is 0 Å². The third-order valence-electron chi connectivity index (χ3n) is 2.38. The average molecular weight is 243 g/mol. The van der Waals surface area contributed by atoms with Crippen LogP contribution in [0.25, 0.3) is 10.9 Å². The first-order valence-corrected chi connectivity index (χ1v) is 4.70. The molecule has 1 heterocycles. The van der Waals surface area contributed by atoms with E-state index in [0.29, 0.717) is 5.52 Å². The fourth-order valence-corrected chi connectivity index (χ4v) is 1.59. The zero-order valence-electron chi connectivity index (χ0n) is 8.76. The molecule has 0 saturated carbocycles. The Bertz CT molecular complexity index is 616. The molecular weight excluding hydrogens is 235 g/mol. The minimum atomic E-state index is -4.55. The van der Waals surface area contributed by atoms with Gasteiger partial charge in [0.1, 0.15) is 5.75 Å². The maximum absolute atomic E-state index is 12.7. The average Bonchev–Trinajstić information content (AvgIpc) is 2.26. The van der Waals surface area contributed by atoms with Crippen molar-refractivity contribution in [2.24, 2.45) is 0 Å². The fraction of sp³-hybridized carbons (Fsp3) is 0.182. The van der Waals surface area contributed by atoms with Crippen molar-refractivity contribution in [3.63, 3.8) is 0 Å². The van der Waals surface area contributed by atoms with Crippen LogP contribution >= 0.6 is 0 Å². The molecule has 0 fully saturated rings. The number of methoxy groups -OCH3 is 1. The van der Waals surface area contributed by atoms with Crippen LogP contribution in [0.15, 0.2) is 29.2 Å². The Labute approximate surface area is 93.8 Å². The Morgan fingerprint density at radius 2 is 2.00 bits per heavy atom. The lowest BCUT2D eigenvalue weighted by atomic mass is 10.1. The second kappa shape index (κ2) is 3.80. The van der Waals surface area contributed by atoms with Crippen molar-refractivity contribution in [3.05, 3.63) is 40.2 Å². The van der Waals surface area contributed by atoms with Gasteiger partial charge in [0, 0.05) is 23.7 Å². The minimum Gasteiger partial charge on any atom is -0.496 e. The molecule has 0 unspecified atom stereocenters. The molecule has 1 N–H and O–H groups in total. The smallest absolute Gasteiger partial charge is 0.419 e. The Morgan fingerprint density at radius 3 is 2.59 bits per heavy atom. The summed E-state index contributed by atoms with van der Waals surface area (Å²) in [4.78, 5) is 14.1. The van der Waals surface area contributed by atoms with Gasteiger partial charge in [-0.1, -0.05) is 0 Å². The fourth-order valence-electron chi connectivity index (χ4n) is 1.59. The third kappa shape index (κ3) is 1.98. The number of benzene rings is 1. The number of hydrogen-bond acceptors (Lipinski definition) is 2. The van der Waals surface area contributed by atoms with Crippen LogP contribution in [0, 0.1) is 0 Å². The number of nitrogens with one attached hydrogen (secondary N) is 1. The number of alkyl halides is 3. The maximum Gasteiger partial charge on any atom is 0.419 e. The molecule has 3 nitrogen and oxygen atoms in total. The van der Waals surface area contributed by atoms with Crippen molar-refractivity contribution >= 4 is 10.9 Å². The van der Waals surface area contributed by atoms with E-state index in [1.54, 1.807) is 0 Å². The molecule has 1 aromatic heterocycles. The number of halogens is 3. The van der Waals surface area contributed by atoms with Gasteiger partial charge in [0.15, 0.2) is 5.43 Å². The van der Waals surface area contributed by atoms with Crippen molar-refractivity contribution in [2.75, 3.05) is 7.11 Å². The molecule has 0 radical (unpaired) electrons. The van der Waals surface area contributed by atoms with E-state index in [-0.39, 0.29) is 11.1 Å². The van der Waals surface area contributed by atoms with Crippen molar-refractivity contribution in [3.8, 4) is 5.75 Å². The molecule has 0 aliphatic carbocycles. The SMILES string of the molecule is COc1cc2[nH]ccc(=O)c2cc1C(F)(F)F. The van der Waals surface area contributed by atoms with Crippen LogP contribution in [-0.2, 0) is 6.18 Å². The van der Waals surface area contributed by atoms with Crippen LogP contribution in [0.4, 0.5) is 13.2 Å². The Morgan fingerprint density at radius 1 is 1.29 bits per heavy atom. The summed E-state index contributed by atoms with van der Waals surface area (Å²) in [6, 6.07) is 3.14. The van der Waals surface area contributed by atoms with E-state index in [1.165, 1.54) is 18.3 Å². The van der Waals surface area contributed by atoms with Gasteiger partial charge in [0.2, 0.25) is 0 Å². The predicted molar refractivity (Wildman–Crippen MR) is 56.1 cm³/mol. The maximum atomic E-state index is 12.7. The molecule has 0 saturated heterocycles. The third-order valence-corrected chi connectivity index (χ3v) is 2.38. The standard InChI is InChI=1S/C11H8F3NO2/c1-17-10-5-8-6(9(16)2-3-15-8)4-7(10)11(12,13)14/h2-5H,1H3,(H,15,16). The topological polar surface area (TPSA) is 42.1 Å². The van der Waals surface area contributed by atoms with Crippen LogP contribution < -0.4 is 10.2 Å². The summed E-state index contributed by atoms with van der Waals surface area (Å²) in [5, 5.41) is -0.0133. The lowest BCUT2D eigenvalue weighted by Gasteiger charge is -2.12. The zero-order chi connectivity index (χ0) is 12.6. The number of H-pyrrole nitrogens is 1. The highest BCUT2D eigenvalue weighted by atomic mass is 19.4. The van der Waals surface area contributed by atoms with E-state index >= 15 is 0 Å². The molecule has 17 heavy (non-hydrogen) atoms. The summed E-state index contributed by atoms with van der Waals surface area (Å²) >= 11 is 0. The van der Waals surface area contributed by atoms with Crippen LogP contribution in [0.2, 0.25) is 0 Å². The normalized spacial score (nSPS) is 11.8. The highest BCUT2D eigenvalue weighted by Gasteiger charge is 2.34. The molecule has 0 aliphatic rings. The summed E-state index contributed by atoms with van der Waals surface area (Å²) in [6.45, 7) is 0. The van der Waals surface area contributed by atoms with Gasteiger partial charge in [-0.15, -0.1) is 0 Å². The van der Waals surface area contributed by atoms with Crippen LogP contribution in [0.1, 0.15) is 5.56 Å². The summed E-state index contributed by atoms with van der Waals surface area (Å²) in [5.41, 5.74) is -1.11. The molecule has 0 aliphatic heterocycles. The molecule has 0 spiro atoms. The highest BCUT2D eigenvalue weighted by molar-refractivity contribution is 5.81. The van der Waals surface area contributed by atoms with E-state index in [9.17, 15) is 18.0 Å². The molecule has 0 atom stereocenters. The van der Waals surface area contributed by atoms with E-state index in [4.69, 9.17) is 0 Å². The van der Waals surface area contributed by atoms with E-state index in [2.05, 4.69) is 9.72 Å². The van der Waals surface area contributed by atoms with E-state index in [1.807, 2.05) is 0 Å². The number of fused-ring (bicyclic) bond motifs is 1. The second-order valence-electron chi connectivity index (χ2n) is 3.44. The van der Waals surface area contributed by atoms with Gasteiger partial charge < -0.3 is 9.72 Å². The first-order chi connectivity index (χ1) is 7.93. The summed E-state index contributed by atoms with van der Waals surface area (Å²) in [7, 11) is 1.15. The van der Waals surface area contributed by atoms with Gasteiger partial charge in [0.05, 0.1) is 18.2 Å². The second-order valence-corrected chi connectivity index (χ2v) is 3.44. The molecule has 90 valence electrons. The van der Waals surface area contributed by atoms with Gasteiger partial charge in [-0.25, -0.2) is 0 Å². The molecule has 2 aromatic rings. The van der Waals surface area contributed by atoms with Crippen LogP contribution in [0.3, 0.4) is 0 Å². The Kier molecular flexibility index (Phi) is 2.57. The van der Waals surface area contributed by atoms with Crippen LogP contribution in [-0.4, -0.2) is 12.1 Å². The van der Waals surface area contributed by atoms with E-state index in [0.717, 1.165) is 13.2 Å². The first kappa shape index (κ1) is 11.5. The van der Waals surface area contributed by atoms with Crippen molar-refractivity contribution in [2.45, 2.75) is 6.18 Å². The number of aromatic amines is 1. The van der Waals surface area contributed by atoms with Gasteiger partial charge >= 0.3 is 6.18 Å². The monoisotopic (exact) mass is 243 g/mol. The molecule has 6 heteroatoms. The number of ether oxygens (including phenoxy) is 1. The largest absolute Gasteiger partial charge is 0.496 e. The number of aromatic nitrogens is 1. The number of rotatable bonds is 1. The van der Waals surface area contributed by atoms with Crippen LogP contribution in [0.5, 0.6) is 5.75 Å². The Hall–Kier alpha value is -1.98. The summed E-state index contributed by atoms with van der Waals surface area (Å²) in [6.07, 6.45) is -3.18. The predicted octanol–water partition coefficient (Wildman–Crippen LogP) is 2.56. The lowest BCUT2D eigenvalue weighted by molar-refractivity contribution is -0.138. The molecule has 2 rings (SSSR count). The summed E-state index contributed by atoms with van der Waals surface area (Å²) < 4.78 is 42.8. The molecule has 0 amide bonds. The van der Waals surface area contributed by atoms with Gasteiger partial charge in [-0.05, 0) is 6.07 Å².